The predicted molar refractivity (Wildman–Crippen MR) is 62.7 cm³/mol. The molecule has 2 aromatic carbocycles. The highest BCUT2D eigenvalue weighted by atomic mass is 28.2. The lowest BCUT2D eigenvalue weighted by molar-refractivity contribution is 0.591. The van der Waals surface area contributed by atoms with Crippen LogP contribution >= 0.6 is 0 Å². The van der Waals surface area contributed by atoms with Gasteiger partial charge in [0.1, 0.15) is 0 Å². The summed E-state index contributed by atoms with van der Waals surface area (Å²) in [6.45, 7) is 0. The van der Waals surface area contributed by atoms with Crippen molar-refractivity contribution in [2.75, 3.05) is 0 Å². The molecule has 0 bridgehead atoms. The zero-order valence-electron chi connectivity index (χ0n) is 8.30. The maximum absolute atomic E-state index is 9.46. The van der Waals surface area contributed by atoms with E-state index in [4.69, 9.17) is 0 Å². The number of benzene rings is 2. The Balaban J connectivity index is 2.34. The maximum Gasteiger partial charge on any atom is 0.237 e. The molecule has 2 heteroatoms. The van der Waals surface area contributed by atoms with E-state index in [-0.39, 0.29) is 15.3 Å². The van der Waals surface area contributed by atoms with Gasteiger partial charge in [0.05, 0.1) is 0 Å². The molecule has 0 aliphatic carbocycles. The molecular weight excluding hydrogens is 200 g/mol. The molecule has 1 nitrogen and oxygen atoms in total. The first kappa shape index (κ1) is 10.1. The normalized spacial score (nSPS) is 10.5. The fourth-order valence-electron chi connectivity index (χ4n) is 1.63. The minimum absolute atomic E-state index is 0.0962. The summed E-state index contributed by atoms with van der Waals surface area (Å²) in [5.74, 6) is 0. The summed E-state index contributed by atoms with van der Waals surface area (Å²) in [7, 11) is -0.0962. The molecule has 0 unspecified atom stereocenters. The Labute approximate surface area is 92.3 Å². The molecule has 0 saturated heterocycles. The van der Waals surface area contributed by atoms with E-state index in [0.717, 1.165) is 0 Å². The van der Waals surface area contributed by atoms with Crippen molar-refractivity contribution in [3.8, 4) is 0 Å². The number of hydrogen-bond acceptors (Lipinski definition) is 1. The average Bonchev–Trinajstić information content (AvgIpc) is 2.33. The topological polar surface area (TPSA) is 20.2 Å². The van der Waals surface area contributed by atoms with Crippen LogP contribution in [0.1, 0.15) is 16.7 Å². The van der Waals surface area contributed by atoms with Crippen molar-refractivity contribution in [2.24, 2.45) is 0 Å². The largest absolute Gasteiger partial charge is 0.431 e. The molecule has 0 saturated carbocycles. The lowest BCUT2D eigenvalue weighted by Gasteiger charge is -2.13. The third-order valence-electron chi connectivity index (χ3n) is 2.39. The van der Waals surface area contributed by atoms with E-state index in [2.05, 4.69) is 24.3 Å². The summed E-state index contributed by atoms with van der Waals surface area (Å²) >= 11 is 0. The smallest absolute Gasteiger partial charge is 0.237 e. The predicted octanol–water partition coefficient (Wildman–Crippen LogP) is 2.39. The van der Waals surface area contributed by atoms with Crippen LogP contribution in [0.3, 0.4) is 0 Å². The van der Waals surface area contributed by atoms with E-state index in [1.165, 1.54) is 11.1 Å². The molecule has 0 heterocycles. The number of hydrogen-bond donors (Lipinski definition) is 1. The maximum atomic E-state index is 9.46. The van der Waals surface area contributed by atoms with Gasteiger partial charge < -0.3 is 4.80 Å². The van der Waals surface area contributed by atoms with Gasteiger partial charge >= 0.3 is 0 Å². The van der Waals surface area contributed by atoms with Crippen molar-refractivity contribution < 1.29 is 4.80 Å². The first-order chi connectivity index (χ1) is 7.42. The van der Waals surface area contributed by atoms with Crippen LogP contribution in [-0.4, -0.2) is 14.6 Å². The monoisotopic (exact) mass is 212 g/mol. The van der Waals surface area contributed by atoms with Gasteiger partial charge in [-0.25, -0.2) is 0 Å². The van der Waals surface area contributed by atoms with Crippen LogP contribution in [0, 0.1) is 0 Å². The molecule has 0 amide bonds. The average molecular weight is 212 g/mol. The van der Waals surface area contributed by atoms with Gasteiger partial charge in [-0.1, -0.05) is 60.7 Å². The minimum Gasteiger partial charge on any atom is -0.431 e. The van der Waals surface area contributed by atoms with Crippen LogP contribution in [0.2, 0.25) is 0 Å². The Morgan fingerprint density at radius 3 is 1.47 bits per heavy atom. The van der Waals surface area contributed by atoms with E-state index < -0.39 is 0 Å². The Hall–Kier alpha value is -1.38. The third-order valence-corrected chi connectivity index (χ3v) is 3.32. The molecular formula is C13H12OSi. The summed E-state index contributed by atoms with van der Waals surface area (Å²) < 4.78 is 0. The van der Waals surface area contributed by atoms with E-state index in [0.29, 0.717) is 0 Å². The molecule has 0 aromatic heterocycles. The second kappa shape index (κ2) is 4.91. The second-order valence-corrected chi connectivity index (χ2v) is 4.22. The zero-order valence-corrected chi connectivity index (χ0v) is 9.30. The van der Waals surface area contributed by atoms with Crippen molar-refractivity contribution >= 4 is 9.76 Å². The van der Waals surface area contributed by atoms with Crippen molar-refractivity contribution in [1.29, 1.82) is 0 Å². The van der Waals surface area contributed by atoms with Crippen molar-refractivity contribution in [1.82, 2.24) is 0 Å². The van der Waals surface area contributed by atoms with Crippen LogP contribution in [0.25, 0.3) is 0 Å². The van der Waals surface area contributed by atoms with E-state index in [1.807, 2.05) is 36.4 Å². The van der Waals surface area contributed by atoms with Gasteiger partial charge in [-0.3, -0.25) is 0 Å². The Morgan fingerprint density at radius 1 is 0.733 bits per heavy atom. The quantitative estimate of drug-likeness (QED) is 0.775. The van der Waals surface area contributed by atoms with Crippen molar-refractivity contribution in [3.63, 3.8) is 0 Å². The molecule has 0 aliphatic rings. The van der Waals surface area contributed by atoms with Gasteiger partial charge in [-0.2, -0.15) is 0 Å². The van der Waals surface area contributed by atoms with Crippen molar-refractivity contribution in [2.45, 2.75) is 5.54 Å². The first-order valence-electron chi connectivity index (χ1n) is 4.91. The van der Waals surface area contributed by atoms with Gasteiger partial charge in [-0.05, 0) is 11.1 Å². The fourth-order valence-corrected chi connectivity index (χ4v) is 2.32. The van der Waals surface area contributed by atoms with Crippen molar-refractivity contribution in [3.05, 3.63) is 71.8 Å². The molecule has 0 fully saturated rings. The summed E-state index contributed by atoms with van der Waals surface area (Å²) in [6, 6.07) is 20.2. The van der Waals surface area contributed by atoms with Crippen LogP contribution in [0.15, 0.2) is 60.7 Å². The Bertz CT molecular complexity index is 360. The third kappa shape index (κ3) is 2.35. The molecule has 0 aliphatic heterocycles. The highest BCUT2D eigenvalue weighted by Crippen LogP contribution is 2.22. The summed E-state index contributed by atoms with van der Waals surface area (Å²) in [6.07, 6.45) is 0. The lowest BCUT2D eigenvalue weighted by Crippen LogP contribution is -2.09. The molecule has 0 spiro atoms. The molecule has 2 aromatic rings. The van der Waals surface area contributed by atoms with E-state index in [9.17, 15) is 4.80 Å². The molecule has 2 rings (SSSR count). The van der Waals surface area contributed by atoms with Gasteiger partial charge in [-0.15, -0.1) is 0 Å². The van der Waals surface area contributed by atoms with Crippen LogP contribution in [0.4, 0.5) is 0 Å². The molecule has 0 atom stereocenters. The van der Waals surface area contributed by atoms with Crippen LogP contribution in [0.5, 0.6) is 0 Å². The Kier molecular flexibility index (Phi) is 3.32. The Morgan fingerprint density at radius 2 is 1.13 bits per heavy atom. The molecule has 15 heavy (non-hydrogen) atoms. The van der Waals surface area contributed by atoms with Gasteiger partial charge in [0.2, 0.25) is 9.76 Å². The zero-order chi connectivity index (χ0) is 10.5. The lowest BCUT2D eigenvalue weighted by atomic mass is 10.0. The highest BCUT2D eigenvalue weighted by Gasteiger charge is 2.13. The summed E-state index contributed by atoms with van der Waals surface area (Å²) in [5.41, 5.74) is 2.46. The van der Waals surface area contributed by atoms with Crippen LogP contribution < -0.4 is 0 Å². The minimum atomic E-state index is -0.0962. The number of rotatable bonds is 3. The SMILES string of the molecule is O[Si]C(c1ccccc1)c1ccccc1. The fraction of sp³-hybridized carbons (Fsp3) is 0.0769. The molecule has 74 valence electrons. The molecule has 1 N–H and O–H groups in total. The van der Waals surface area contributed by atoms with Gasteiger partial charge in [0.15, 0.2) is 0 Å². The standard InChI is InChI=1S/C13H12OSi/c14-15-13(11-7-3-1-4-8-11)12-9-5-2-6-10-12/h1-10,13-14H. The van der Waals surface area contributed by atoms with E-state index >= 15 is 0 Å². The first-order valence-corrected chi connectivity index (χ1v) is 5.94. The summed E-state index contributed by atoms with van der Waals surface area (Å²) in [5, 5.41) is 0. The van der Waals surface area contributed by atoms with E-state index in [1.54, 1.807) is 0 Å². The highest BCUT2D eigenvalue weighted by molar-refractivity contribution is 6.29. The summed E-state index contributed by atoms with van der Waals surface area (Å²) in [4.78, 5) is 9.46. The van der Waals surface area contributed by atoms with Gasteiger partial charge in [0.25, 0.3) is 0 Å². The van der Waals surface area contributed by atoms with Gasteiger partial charge in [0, 0.05) is 5.54 Å². The molecule has 2 radical (unpaired) electrons. The van der Waals surface area contributed by atoms with Crippen LogP contribution in [-0.2, 0) is 0 Å². The second-order valence-electron chi connectivity index (χ2n) is 3.38.